The van der Waals surface area contributed by atoms with Crippen LogP contribution in [0, 0.1) is 18.6 Å². The summed E-state index contributed by atoms with van der Waals surface area (Å²) in [7, 11) is 0. The minimum absolute atomic E-state index is 0.0450. The molecule has 0 radical (unpaired) electrons. The normalized spacial score (nSPS) is 12.5. The third-order valence-electron chi connectivity index (χ3n) is 3.08. The lowest BCUT2D eigenvalue weighted by atomic mass is 9.98. The molecule has 0 aliphatic heterocycles. The molecule has 0 aliphatic rings. The highest BCUT2D eigenvalue weighted by molar-refractivity contribution is 9.10. The molecule has 1 N–H and O–H groups in total. The summed E-state index contributed by atoms with van der Waals surface area (Å²) < 4.78 is 28.4. The maximum atomic E-state index is 13.9. The summed E-state index contributed by atoms with van der Waals surface area (Å²) in [4.78, 5) is 0. The summed E-state index contributed by atoms with van der Waals surface area (Å²) >= 11 is 9.32. The highest BCUT2D eigenvalue weighted by Crippen LogP contribution is 2.29. The van der Waals surface area contributed by atoms with Crippen LogP contribution < -0.4 is 0 Å². The number of benzene rings is 2. The van der Waals surface area contributed by atoms with Gasteiger partial charge in [-0.25, -0.2) is 8.78 Å². The molecule has 0 spiro atoms. The van der Waals surface area contributed by atoms with Gasteiger partial charge in [-0.1, -0.05) is 39.7 Å². The van der Waals surface area contributed by atoms with Gasteiger partial charge in [0, 0.05) is 15.9 Å². The minimum Gasteiger partial charge on any atom is -0.388 e. The molecule has 1 atom stereocenters. The Morgan fingerprint density at radius 3 is 2.60 bits per heavy atom. The molecule has 2 aromatic rings. The van der Waals surface area contributed by atoms with E-state index in [1.165, 1.54) is 13.0 Å². The lowest BCUT2D eigenvalue weighted by molar-refractivity contribution is 0.168. The van der Waals surface area contributed by atoms with Crippen LogP contribution in [-0.4, -0.2) is 5.11 Å². The second-order valence-corrected chi connectivity index (χ2v) is 5.87. The van der Waals surface area contributed by atoms with Crippen molar-refractivity contribution in [3.63, 3.8) is 0 Å². The van der Waals surface area contributed by atoms with Crippen LogP contribution >= 0.6 is 27.5 Å². The molecule has 5 heteroatoms. The lowest BCUT2D eigenvalue weighted by Gasteiger charge is -2.15. The summed E-state index contributed by atoms with van der Waals surface area (Å²) in [5, 5.41) is 10.5. The van der Waals surface area contributed by atoms with Gasteiger partial charge in [-0.15, -0.1) is 0 Å². The van der Waals surface area contributed by atoms with Crippen LogP contribution in [0.1, 0.15) is 22.8 Å². The molecule has 0 heterocycles. The molecule has 0 saturated carbocycles. The van der Waals surface area contributed by atoms with Crippen molar-refractivity contribution in [3.05, 3.63) is 68.2 Å². The zero-order valence-electron chi connectivity index (χ0n) is 10.6. The summed E-state index contributed by atoms with van der Waals surface area (Å²) in [5.74, 6) is -1.47. The Morgan fingerprint density at radius 2 is 1.95 bits per heavy atom. The molecule has 0 aromatic heterocycles. The topological polar surface area (TPSA) is 20.2 Å². The molecule has 1 nitrogen and oxygen atoms in total. The summed E-state index contributed by atoms with van der Waals surface area (Å²) in [6.45, 7) is 1.53. The fraction of sp³-hybridized carbons (Fsp3) is 0.200. The summed E-state index contributed by atoms with van der Waals surface area (Å²) in [6.07, 6.45) is -1.24. The van der Waals surface area contributed by atoms with E-state index in [1.807, 2.05) is 0 Å². The fourth-order valence-corrected chi connectivity index (χ4v) is 2.73. The smallest absolute Gasteiger partial charge is 0.134 e. The first kappa shape index (κ1) is 15.4. The van der Waals surface area contributed by atoms with Crippen molar-refractivity contribution < 1.29 is 13.9 Å². The SMILES string of the molecule is Cc1ccc(F)c(C(O)Cc2ccc(Br)cc2Cl)c1F. The van der Waals surface area contributed by atoms with Crippen molar-refractivity contribution in [2.45, 2.75) is 19.4 Å². The molecule has 0 fully saturated rings. The monoisotopic (exact) mass is 360 g/mol. The number of hydrogen-bond acceptors (Lipinski definition) is 1. The average Bonchev–Trinajstić information content (AvgIpc) is 2.38. The van der Waals surface area contributed by atoms with Crippen LogP contribution in [0.15, 0.2) is 34.8 Å². The molecule has 106 valence electrons. The molecule has 2 aromatic carbocycles. The first-order valence-corrected chi connectivity index (χ1v) is 7.13. The Hall–Kier alpha value is -0.970. The Balaban J connectivity index is 2.33. The fourth-order valence-electron chi connectivity index (χ4n) is 1.98. The predicted molar refractivity (Wildman–Crippen MR) is 78.9 cm³/mol. The van der Waals surface area contributed by atoms with E-state index in [0.717, 1.165) is 10.5 Å². The minimum atomic E-state index is -1.28. The number of aliphatic hydroxyl groups excluding tert-OH is 1. The first-order valence-electron chi connectivity index (χ1n) is 5.96. The summed E-state index contributed by atoms with van der Waals surface area (Å²) in [5.41, 5.74) is 0.606. The van der Waals surface area contributed by atoms with Crippen LogP contribution in [0.5, 0.6) is 0 Å². The number of aryl methyl sites for hydroxylation is 1. The second kappa shape index (κ2) is 6.20. The molecule has 0 amide bonds. The number of rotatable bonds is 3. The highest BCUT2D eigenvalue weighted by atomic mass is 79.9. The van der Waals surface area contributed by atoms with E-state index in [4.69, 9.17) is 11.6 Å². The van der Waals surface area contributed by atoms with Gasteiger partial charge >= 0.3 is 0 Å². The molecule has 0 bridgehead atoms. The van der Waals surface area contributed by atoms with Gasteiger partial charge in [-0.05, 0) is 36.2 Å². The van der Waals surface area contributed by atoms with Gasteiger partial charge in [0.15, 0.2) is 0 Å². The van der Waals surface area contributed by atoms with Crippen LogP contribution in [0.4, 0.5) is 8.78 Å². The van der Waals surface area contributed by atoms with Crippen molar-refractivity contribution in [1.29, 1.82) is 0 Å². The summed E-state index contributed by atoms with van der Waals surface area (Å²) in [6, 6.07) is 7.64. The number of hydrogen-bond donors (Lipinski definition) is 1. The zero-order chi connectivity index (χ0) is 14.9. The van der Waals surface area contributed by atoms with Gasteiger partial charge in [0.1, 0.15) is 11.6 Å². The van der Waals surface area contributed by atoms with Crippen LogP contribution in [-0.2, 0) is 6.42 Å². The van der Waals surface area contributed by atoms with E-state index in [-0.39, 0.29) is 12.0 Å². The lowest BCUT2D eigenvalue weighted by Crippen LogP contribution is -2.08. The van der Waals surface area contributed by atoms with Crippen molar-refractivity contribution >= 4 is 27.5 Å². The van der Waals surface area contributed by atoms with E-state index in [1.54, 1.807) is 18.2 Å². The quantitative estimate of drug-likeness (QED) is 0.819. The number of aliphatic hydroxyl groups is 1. The maximum Gasteiger partial charge on any atom is 0.134 e. The van der Waals surface area contributed by atoms with Gasteiger partial charge < -0.3 is 5.11 Å². The van der Waals surface area contributed by atoms with E-state index >= 15 is 0 Å². The van der Waals surface area contributed by atoms with Gasteiger partial charge in [0.25, 0.3) is 0 Å². The third kappa shape index (κ3) is 3.19. The van der Waals surface area contributed by atoms with E-state index in [2.05, 4.69) is 15.9 Å². The molecular formula is C15H12BrClF2O. The third-order valence-corrected chi connectivity index (χ3v) is 3.93. The van der Waals surface area contributed by atoms with Crippen molar-refractivity contribution in [2.24, 2.45) is 0 Å². The molecule has 0 aliphatic carbocycles. The molecule has 2 rings (SSSR count). The van der Waals surface area contributed by atoms with Crippen molar-refractivity contribution in [2.75, 3.05) is 0 Å². The highest BCUT2D eigenvalue weighted by Gasteiger charge is 2.20. The average molecular weight is 362 g/mol. The number of halogens is 4. The van der Waals surface area contributed by atoms with E-state index in [0.29, 0.717) is 16.1 Å². The Bertz CT molecular complexity index is 646. The van der Waals surface area contributed by atoms with Gasteiger partial charge in [-0.3, -0.25) is 0 Å². The van der Waals surface area contributed by atoms with Gasteiger partial charge in [0.05, 0.1) is 11.7 Å². The largest absolute Gasteiger partial charge is 0.388 e. The standard InChI is InChI=1S/C15H12BrClF2O/c1-8-2-5-12(18)14(15(8)19)13(20)6-9-3-4-10(16)7-11(9)17/h2-5,7,13,20H,6H2,1H3. The second-order valence-electron chi connectivity index (χ2n) is 4.55. The van der Waals surface area contributed by atoms with Crippen molar-refractivity contribution in [3.8, 4) is 0 Å². The van der Waals surface area contributed by atoms with Gasteiger partial charge in [-0.2, -0.15) is 0 Å². The van der Waals surface area contributed by atoms with E-state index in [9.17, 15) is 13.9 Å². The Morgan fingerprint density at radius 1 is 1.25 bits per heavy atom. The molecular weight excluding hydrogens is 350 g/mol. The van der Waals surface area contributed by atoms with Crippen LogP contribution in [0.3, 0.4) is 0 Å². The maximum absolute atomic E-state index is 13.9. The Labute approximate surface area is 129 Å². The molecule has 0 saturated heterocycles. The van der Waals surface area contributed by atoms with Gasteiger partial charge in [0.2, 0.25) is 0 Å². The molecule has 1 unspecified atom stereocenters. The predicted octanol–water partition coefficient (Wildman–Crippen LogP) is 4.97. The van der Waals surface area contributed by atoms with E-state index < -0.39 is 17.7 Å². The molecule has 20 heavy (non-hydrogen) atoms. The van der Waals surface area contributed by atoms with Crippen LogP contribution in [0.25, 0.3) is 0 Å². The van der Waals surface area contributed by atoms with Crippen molar-refractivity contribution in [1.82, 2.24) is 0 Å². The van der Waals surface area contributed by atoms with Crippen LogP contribution in [0.2, 0.25) is 5.02 Å². The Kier molecular flexibility index (Phi) is 4.78. The first-order chi connectivity index (χ1) is 9.40. The zero-order valence-corrected chi connectivity index (χ0v) is 13.0.